The fraction of sp³-hybridized carbons (Fsp3) is 0.500. The first kappa shape index (κ1) is 12.6. The highest BCUT2D eigenvalue weighted by atomic mass is 16.5. The number of amidine groups is 1. The highest BCUT2D eigenvalue weighted by Crippen LogP contribution is 2.23. The molecule has 2 heterocycles. The molecule has 1 aromatic heterocycles. The van der Waals surface area contributed by atoms with E-state index in [1.807, 2.05) is 12.1 Å². The van der Waals surface area contributed by atoms with Crippen LogP contribution in [-0.2, 0) is 4.74 Å². The Labute approximate surface area is 106 Å². The molecule has 0 amide bonds. The van der Waals surface area contributed by atoms with E-state index in [9.17, 15) is 0 Å². The Morgan fingerprint density at radius 3 is 3.28 bits per heavy atom. The normalized spacial score (nSPS) is 20.4. The van der Waals surface area contributed by atoms with Crippen LogP contribution in [0.2, 0.25) is 0 Å². The summed E-state index contributed by atoms with van der Waals surface area (Å²) in [5.41, 5.74) is 7.07. The number of hydrogen-bond acceptors (Lipinski definition) is 5. The van der Waals surface area contributed by atoms with Gasteiger partial charge in [-0.2, -0.15) is 0 Å². The summed E-state index contributed by atoms with van der Waals surface area (Å²) in [4.78, 5) is 6.33. The molecule has 1 saturated heterocycles. The Balaban J connectivity index is 2.10. The Hall–Kier alpha value is -1.82. The third-order valence-electron chi connectivity index (χ3n) is 3.17. The molecule has 0 saturated carbocycles. The van der Waals surface area contributed by atoms with Gasteiger partial charge in [0.05, 0.1) is 6.61 Å². The van der Waals surface area contributed by atoms with Crippen LogP contribution in [0.4, 0.5) is 5.69 Å². The lowest BCUT2D eigenvalue weighted by Gasteiger charge is -2.19. The molecule has 2 rings (SSSR count). The SMILES string of the molecule is COCC1CCN(c2ccnc(C(N)=NO)c2)C1. The first-order valence-electron chi connectivity index (χ1n) is 5.92. The summed E-state index contributed by atoms with van der Waals surface area (Å²) in [7, 11) is 1.73. The van der Waals surface area contributed by atoms with E-state index in [1.165, 1.54) is 0 Å². The van der Waals surface area contributed by atoms with Gasteiger partial charge in [0, 0.05) is 38.0 Å². The van der Waals surface area contributed by atoms with Crippen molar-refractivity contribution in [1.29, 1.82) is 0 Å². The Kier molecular flexibility index (Phi) is 3.99. The monoisotopic (exact) mass is 250 g/mol. The minimum Gasteiger partial charge on any atom is -0.409 e. The molecule has 1 aromatic rings. The zero-order valence-electron chi connectivity index (χ0n) is 10.4. The van der Waals surface area contributed by atoms with E-state index in [1.54, 1.807) is 13.3 Å². The van der Waals surface area contributed by atoms with E-state index in [0.717, 1.165) is 31.8 Å². The molecule has 1 aliphatic heterocycles. The van der Waals surface area contributed by atoms with Gasteiger partial charge in [-0.3, -0.25) is 4.98 Å². The van der Waals surface area contributed by atoms with Gasteiger partial charge in [-0.25, -0.2) is 0 Å². The number of anilines is 1. The van der Waals surface area contributed by atoms with Crippen LogP contribution in [0.25, 0.3) is 0 Å². The quantitative estimate of drug-likeness (QED) is 0.355. The summed E-state index contributed by atoms with van der Waals surface area (Å²) in [5.74, 6) is 0.597. The first-order chi connectivity index (χ1) is 8.74. The van der Waals surface area contributed by atoms with Crippen LogP contribution in [0.5, 0.6) is 0 Å². The molecular formula is C12H18N4O2. The molecule has 0 radical (unpaired) electrons. The number of hydrogen-bond donors (Lipinski definition) is 2. The van der Waals surface area contributed by atoms with E-state index in [-0.39, 0.29) is 5.84 Å². The number of nitrogens with zero attached hydrogens (tertiary/aromatic N) is 3. The molecule has 18 heavy (non-hydrogen) atoms. The smallest absolute Gasteiger partial charge is 0.188 e. The molecule has 1 aliphatic rings. The molecule has 1 fully saturated rings. The Morgan fingerprint density at radius 2 is 2.56 bits per heavy atom. The highest BCUT2D eigenvalue weighted by molar-refractivity contribution is 5.95. The summed E-state index contributed by atoms with van der Waals surface area (Å²) in [6.07, 6.45) is 2.79. The number of ether oxygens (including phenoxy) is 1. The van der Waals surface area contributed by atoms with Gasteiger partial charge in [-0.1, -0.05) is 5.16 Å². The predicted molar refractivity (Wildman–Crippen MR) is 68.9 cm³/mol. The van der Waals surface area contributed by atoms with Gasteiger partial charge in [0.25, 0.3) is 0 Å². The number of nitrogens with two attached hydrogens (primary N) is 1. The average molecular weight is 250 g/mol. The number of oxime groups is 1. The zero-order chi connectivity index (χ0) is 13.0. The lowest BCUT2D eigenvalue weighted by Crippen LogP contribution is -2.22. The Morgan fingerprint density at radius 1 is 1.72 bits per heavy atom. The summed E-state index contributed by atoms with van der Waals surface area (Å²) >= 11 is 0. The number of methoxy groups -OCH3 is 1. The van der Waals surface area contributed by atoms with E-state index in [4.69, 9.17) is 15.7 Å². The molecule has 0 bridgehead atoms. The van der Waals surface area contributed by atoms with Crippen molar-refractivity contribution in [2.75, 3.05) is 31.7 Å². The van der Waals surface area contributed by atoms with Crippen molar-refractivity contribution in [3.63, 3.8) is 0 Å². The van der Waals surface area contributed by atoms with Crippen molar-refractivity contribution in [2.45, 2.75) is 6.42 Å². The lowest BCUT2D eigenvalue weighted by atomic mass is 10.1. The fourth-order valence-corrected chi connectivity index (χ4v) is 2.25. The average Bonchev–Trinajstić information content (AvgIpc) is 2.87. The molecule has 0 spiro atoms. The maximum atomic E-state index is 8.65. The molecule has 6 nitrogen and oxygen atoms in total. The second-order valence-electron chi connectivity index (χ2n) is 4.44. The maximum Gasteiger partial charge on any atom is 0.188 e. The topological polar surface area (TPSA) is 84.0 Å². The van der Waals surface area contributed by atoms with Crippen LogP contribution < -0.4 is 10.6 Å². The number of pyridine rings is 1. The van der Waals surface area contributed by atoms with Gasteiger partial charge in [0.2, 0.25) is 0 Å². The van der Waals surface area contributed by atoms with Gasteiger partial charge >= 0.3 is 0 Å². The summed E-state index contributed by atoms with van der Waals surface area (Å²) in [6, 6.07) is 3.77. The minimum absolute atomic E-state index is 0.0319. The van der Waals surface area contributed by atoms with E-state index < -0.39 is 0 Å². The van der Waals surface area contributed by atoms with Crippen LogP contribution in [0.1, 0.15) is 12.1 Å². The third kappa shape index (κ3) is 2.70. The van der Waals surface area contributed by atoms with Gasteiger partial charge < -0.3 is 20.6 Å². The largest absolute Gasteiger partial charge is 0.409 e. The van der Waals surface area contributed by atoms with Gasteiger partial charge in [-0.05, 0) is 18.6 Å². The minimum atomic E-state index is 0.0319. The Bertz CT molecular complexity index is 436. The maximum absolute atomic E-state index is 8.65. The second-order valence-corrected chi connectivity index (χ2v) is 4.44. The second kappa shape index (κ2) is 5.68. The van der Waals surface area contributed by atoms with Gasteiger partial charge in [0.1, 0.15) is 5.69 Å². The van der Waals surface area contributed by atoms with Gasteiger partial charge in [0.15, 0.2) is 5.84 Å². The van der Waals surface area contributed by atoms with Crippen LogP contribution in [-0.4, -0.2) is 42.8 Å². The van der Waals surface area contributed by atoms with Crippen LogP contribution >= 0.6 is 0 Å². The zero-order valence-corrected chi connectivity index (χ0v) is 10.4. The summed E-state index contributed by atoms with van der Waals surface area (Å²) < 4.78 is 5.18. The first-order valence-corrected chi connectivity index (χ1v) is 5.92. The molecule has 6 heteroatoms. The molecule has 3 N–H and O–H groups in total. The lowest BCUT2D eigenvalue weighted by molar-refractivity contribution is 0.161. The van der Waals surface area contributed by atoms with Crippen molar-refractivity contribution >= 4 is 11.5 Å². The summed E-state index contributed by atoms with van der Waals surface area (Å²) in [5, 5.41) is 11.6. The van der Waals surface area contributed by atoms with Crippen molar-refractivity contribution in [3.05, 3.63) is 24.0 Å². The van der Waals surface area contributed by atoms with Crippen molar-refractivity contribution < 1.29 is 9.94 Å². The predicted octanol–water partition coefficient (Wildman–Crippen LogP) is 0.649. The van der Waals surface area contributed by atoms with Crippen LogP contribution in [0, 0.1) is 5.92 Å². The van der Waals surface area contributed by atoms with Crippen molar-refractivity contribution in [2.24, 2.45) is 16.8 Å². The van der Waals surface area contributed by atoms with E-state index in [0.29, 0.717) is 11.6 Å². The van der Waals surface area contributed by atoms with Crippen LogP contribution in [0.15, 0.2) is 23.5 Å². The van der Waals surface area contributed by atoms with Crippen molar-refractivity contribution in [3.8, 4) is 0 Å². The fourth-order valence-electron chi connectivity index (χ4n) is 2.25. The van der Waals surface area contributed by atoms with Crippen molar-refractivity contribution in [1.82, 2.24) is 4.98 Å². The third-order valence-corrected chi connectivity index (χ3v) is 3.17. The van der Waals surface area contributed by atoms with E-state index in [2.05, 4.69) is 15.0 Å². The molecule has 0 aromatic carbocycles. The van der Waals surface area contributed by atoms with E-state index >= 15 is 0 Å². The molecule has 98 valence electrons. The van der Waals surface area contributed by atoms with Crippen LogP contribution in [0.3, 0.4) is 0 Å². The van der Waals surface area contributed by atoms with Gasteiger partial charge in [-0.15, -0.1) is 0 Å². The number of rotatable bonds is 4. The standard InChI is InChI=1S/C12H18N4O2/c1-18-8-9-3-5-16(7-9)10-2-4-14-11(6-10)12(13)15-17/h2,4,6,9,17H,3,5,7-8H2,1H3,(H2,13,15). The number of aromatic nitrogens is 1. The highest BCUT2D eigenvalue weighted by Gasteiger charge is 2.22. The molecule has 0 aliphatic carbocycles. The summed E-state index contributed by atoms with van der Waals surface area (Å²) in [6.45, 7) is 2.75. The molecule has 1 unspecified atom stereocenters. The molecular weight excluding hydrogens is 232 g/mol. The molecule has 1 atom stereocenters.